The van der Waals surface area contributed by atoms with Crippen molar-refractivity contribution in [3.63, 3.8) is 0 Å². The summed E-state index contributed by atoms with van der Waals surface area (Å²) in [4.78, 5) is 23.6. The molecule has 0 aromatic carbocycles. The van der Waals surface area contributed by atoms with Crippen LogP contribution in [0.1, 0.15) is 71.6 Å². The molecule has 3 nitrogen and oxygen atoms in total. The van der Waals surface area contributed by atoms with Crippen molar-refractivity contribution in [1.29, 1.82) is 0 Å². The Morgan fingerprint density at radius 3 is 2.78 bits per heavy atom. The molecule has 6 atom stereocenters. The minimum atomic E-state index is -0.248. The predicted molar refractivity (Wildman–Crippen MR) is 109 cm³/mol. The van der Waals surface area contributed by atoms with E-state index in [0.717, 1.165) is 12.8 Å². The van der Waals surface area contributed by atoms with E-state index >= 15 is 0 Å². The molecule has 3 fully saturated rings. The lowest BCUT2D eigenvalue weighted by Crippen LogP contribution is -2.54. The van der Waals surface area contributed by atoms with Gasteiger partial charge in [-0.3, -0.25) is 9.59 Å². The number of hydrogen-bond donors (Lipinski definition) is 1. The lowest BCUT2D eigenvalue weighted by atomic mass is 9.48. The Morgan fingerprint density at radius 1 is 1.19 bits per heavy atom. The monoisotopic (exact) mass is 388 g/mol. The van der Waals surface area contributed by atoms with Crippen LogP contribution in [0.3, 0.4) is 0 Å². The van der Waals surface area contributed by atoms with Gasteiger partial charge in [0.1, 0.15) is 6.10 Å². The topological polar surface area (TPSA) is 43.4 Å². The highest BCUT2D eigenvalue weighted by molar-refractivity contribution is 7.96. The minimum absolute atomic E-state index is 0.0360. The minimum Gasteiger partial charge on any atom is -0.462 e. The maximum atomic E-state index is 12.5. The molecular formula is C23H32O3S. The summed E-state index contributed by atoms with van der Waals surface area (Å²) >= 11 is 3.78. The summed E-state index contributed by atoms with van der Waals surface area (Å²) in [6.45, 7) is 4.87. The van der Waals surface area contributed by atoms with E-state index in [2.05, 4.69) is 44.7 Å². The number of rotatable bonds is 4. The van der Waals surface area contributed by atoms with Gasteiger partial charge in [0.25, 0.3) is 0 Å². The summed E-state index contributed by atoms with van der Waals surface area (Å²) in [6.07, 6.45) is 15.6. The molecule has 3 saturated carbocycles. The largest absolute Gasteiger partial charge is 0.462 e. The number of esters is 1. The number of carbonyl (C=O) groups excluding carboxylic acids is 2. The maximum Gasteiger partial charge on any atom is 0.306 e. The standard InChI is InChI=1S/C23H32O3S/c1-22-11-5-7-16(22)21-17(10-13-22)23(2)12-4-3-6-15(23)14-18(21)26-19(24)8-9-20(25)27/h4,6,12,16-18,21H,3,5,7-11,13-14H2,1-2H3,(H,25,27)/t16-,17-,18+,21-,22-,23-/m0/s1. The summed E-state index contributed by atoms with van der Waals surface area (Å²) in [5, 5.41) is -0.248. The molecule has 4 aliphatic rings. The number of thiol groups is 1. The van der Waals surface area contributed by atoms with Crippen molar-refractivity contribution in [3.8, 4) is 0 Å². The van der Waals surface area contributed by atoms with Crippen LogP contribution in [0.4, 0.5) is 0 Å². The van der Waals surface area contributed by atoms with Crippen molar-refractivity contribution in [2.75, 3.05) is 0 Å². The van der Waals surface area contributed by atoms with Gasteiger partial charge >= 0.3 is 5.97 Å². The highest BCUT2D eigenvalue weighted by Crippen LogP contribution is 2.64. The van der Waals surface area contributed by atoms with Crippen LogP contribution in [0.15, 0.2) is 23.8 Å². The zero-order valence-electron chi connectivity index (χ0n) is 16.6. The normalized spacial score (nSPS) is 42.6. The summed E-state index contributed by atoms with van der Waals surface area (Å²) in [5.74, 6) is 1.40. The number of hydrogen-bond acceptors (Lipinski definition) is 3. The Bertz CT molecular complexity index is 696. The van der Waals surface area contributed by atoms with Crippen molar-refractivity contribution >= 4 is 23.7 Å². The van der Waals surface area contributed by atoms with E-state index in [1.807, 2.05) is 0 Å². The van der Waals surface area contributed by atoms with Crippen LogP contribution in [0, 0.1) is 28.6 Å². The fourth-order valence-corrected chi connectivity index (χ4v) is 6.94. The van der Waals surface area contributed by atoms with Gasteiger partial charge in [0.15, 0.2) is 5.12 Å². The van der Waals surface area contributed by atoms with Crippen molar-refractivity contribution in [1.82, 2.24) is 0 Å². The van der Waals surface area contributed by atoms with Crippen LogP contribution < -0.4 is 0 Å². The van der Waals surface area contributed by atoms with Crippen molar-refractivity contribution in [3.05, 3.63) is 23.8 Å². The fourth-order valence-electron chi connectivity index (χ4n) is 6.83. The molecule has 0 N–H and O–H groups in total. The second kappa shape index (κ2) is 7.09. The fraction of sp³-hybridized carbons (Fsp3) is 0.739. The predicted octanol–water partition coefficient (Wildman–Crippen LogP) is 5.26. The lowest BCUT2D eigenvalue weighted by molar-refractivity contribution is -0.164. The molecule has 4 aliphatic carbocycles. The van der Waals surface area contributed by atoms with E-state index in [4.69, 9.17) is 4.74 Å². The Balaban J connectivity index is 1.62. The Morgan fingerprint density at radius 2 is 2.00 bits per heavy atom. The third-order valence-electron chi connectivity index (χ3n) is 8.22. The van der Waals surface area contributed by atoms with Crippen molar-refractivity contribution in [2.24, 2.45) is 28.6 Å². The van der Waals surface area contributed by atoms with Crippen LogP contribution in [0.2, 0.25) is 0 Å². The smallest absolute Gasteiger partial charge is 0.306 e. The number of fused-ring (bicyclic) bond motifs is 5. The second-order valence-corrected chi connectivity index (χ2v) is 10.2. The number of carbonyl (C=O) groups is 2. The van der Waals surface area contributed by atoms with Crippen molar-refractivity contribution < 1.29 is 14.3 Å². The van der Waals surface area contributed by atoms with E-state index in [1.165, 1.54) is 37.7 Å². The average molecular weight is 389 g/mol. The summed E-state index contributed by atoms with van der Waals surface area (Å²) < 4.78 is 6.07. The molecule has 27 heavy (non-hydrogen) atoms. The summed E-state index contributed by atoms with van der Waals surface area (Å²) in [7, 11) is 0. The van der Waals surface area contributed by atoms with E-state index in [0.29, 0.717) is 23.2 Å². The molecule has 0 bridgehead atoms. The molecule has 4 rings (SSSR count). The number of allylic oxidation sites excluding steroid dienone is 3. The maximum absolute atomic E-state index is 12.5. The lowest BCUT2D eigenvalue weighted by Gasteiger charge is -2.58. The molecule has 0 aliphatic heterocycles. The van der Waals surface area contributed by atoms with E-state index in [1.54, 1.807) is 0 Å². The second-order valence-electron chi connectivity index (χ2n) is 9.65. The highest BCUT2D eigenvalue weighted by atomic mass is 32.1. The van der Waals surface area contributed by atoms with E-state index in [-0.39, 0.29) is 35.4 Å². The van der Waals surface area contributed by atoms with Gasteiger partial charge < -0.3 is 4.74 Å². The molecule has 0 unspecified atom stereocenters. The number of ether oxygens (including phenoxy) is 1. The Kier molecular flexibility index (Phi) is 5.07. The SMILES string of the molecule is C[C@@]12CCC[C@H]1[C@@H]1[C@H](OC(=O)CCC(=O)S)CC3=CCC=C[C@]3(C)[C@H]1CC2. The van der Waals surface area contributed by atoms with E-state index < -0.39 is 0 Å². The van der Waals surface area contributed by atoms with Gasteiger partial charge in [-0.15, -0.1) is 12.6 Å². The van der Waals surface area contributed by atoms with Gasteiger partial charge in [0.2, 0.25) is 0 Å². The molecule has 0 aromatic rings. The van der Waals surface area contributed by atoms with Crippen LogP contribution in [-0.4, -0.2) is 17.2 Å². The van der Waals surface area contributed by atoms with E-state index in [9.17, 15) is 9.59 Å². The first-order valence-corrected chi connectivity index (χ1v) is 11.1. The summed E-state index contributed by atoms with van der Waals surface area (Å²) in [5.41, 5.74) is 1.98. The zero-order chi connectivity index (χ0) is 19.2. The first-order valence-electron chi connectivity index (χ1n) is 10.6. The van der Waals surface area contributed by atoms with Gasteiger partial charge in [0.05, 0.1) is 6.42 Å². The molecular weight excluding hydrogens is 356 g/mol. The van der Waals surface area contributed by atoms with Gasteiger partial charge in [-0.05, 0) is 49.4 Å². The van der Waals surface area contributed by atoms with Gasteiger partial charge in [-0.2, -0.15) is 0 Å². The van der Waals surface area contributed by atoms with Crippen LogP contribution in [0.25, 0.3) is 0 Å². The molecule has 0 spiro atoms. The van der Waals surface area contributed by atoms with Crippen LogP contribution >= 0.6 is 12.6 Å². The molecule has 148 valence electrons. The molecule has 0 radical (unpaired) electrons. The third-order valence-corrected chi connectivity index (χ3v) is 8.44. The van der Waals surface area contributed by atoms with Gasteiger partial charge in [0, 0.05) is 24.2 Å². The van der Waals surface area contributed by atoms with Gasteiger partial charge in [-0.25, -0.2) is 0 Å². The zero-order valence-corrected chi connectivity index (χ0v) is 17.5. The molecule has 0 heterocycles. The molecule has 0 saturated heterocycles. The molecule has 0 aromatic heterocycles. The highest BCUT2D eigenvalue weighted by Gasteiger charge is 2.59. The first-order chi connectivity index (χ1) is 12.8. The molecule has 0 amide bonds. The third kappa shape index (κ3) is 3.32. The average Bonchev–Trinajstić information content (AvgIpc) is 3.02. The molecule has 4 heteroatoms. The Labute approximate surface area is 168 Å². The quantitative estimate of drug-likeness (QED) is 0.406. The summed E-state index contributed by atoms with van der Waals surface area (Å²) in [6, 6.07) is 0. The van der Waals surface area contributed by atoms with Crippen LogP contribution in [-0.2, 0) is 14.3 Å². The van der Waals surface area contributed by atoms with Crippen molar-refractivity contribution in [2.45, 2.75) is 77.7 Å². The first kappa shape index (κ1) is 19.3. The Hall–Kier alpha value is -1.03. The van der Waals surface area contributed by atoms with Gasteiger partial charge in [-0.1, -0.05) is 44.1 Å². The van der Waals surface area contributed by atoms with Crippen LogP contribution in [0.5, 0.6) is 0 Å².